The van der Waals surface area contributed by atoms with Crippen LogP contribution in [0.25, 0.3) is 0 Å². The molecule has 0 heterocycles. The zero-order valence-corrected chi connectivity index (χ0v) is 14.6. The Hall–Kier alpha value is -1.02. The highest BCUT2D eigenvalue weighted by Crippen LogP contribution is 2.62. The lowest BCUT2D eigenvalue weighted by Gasteiger charge is -2.52. The lowest BCUT2D eigenvalue weighted by molar-refractivity contribution is -0.0412. The number of hydrogen-bond donors (Lipinski definition) is 1. The second-order valence-electron chi connectivity index (χ2n) is 8.37. The van der Waals surface area contributed by atoms with Gasteiger partial charge in [0.2, 0.25) is 0 Å². The molecule has 2 fully saturated rings. The second kappa shape index (κ2) is 5.51. The van der Waals surface area contributed by atoms with Crippen LogP contribution in [0.15, 0.2) is 35.6 Å². The van der Waals surface area contributed by atoms with Crippen molar-refractivity contribution in [3.63, 3.8) is 0 Å². The Morgan fingerprint density at radius 2 is 2.17 bits per heavy atom. The maximum Gasteiger partial charge on any atom is 0.0962 e. The third kappa shape index (κ3) is 2.25. The summed E-state index contributed by atoms with van der Waals surface area (Å²) in [7, 11) is 0. The van der Waals surface area contributed by atoms with Crippen LogP contribution in [-0.4, -0.2) is 17.8 Å². The van der Waals surface area contributed by atoms with Gasteiger partial charge in [0.1, 0.15) is 0 Å². The van der Waals surface area contributed by atoms with Crippen LogP contribution in [0.2, 0.25) is 0 Å². The van der Waals surface area contributed by atoms with Crippen LogP contribution in [0.5, 0.6) is 0 Å². The van der Waals surface area contributed by atoms with E-state index in [1.165, 1.54) is 30.6 Å². The monoisotopic (exact) mass is 314 g/mol. The summed E-state index contributed by atoms with van der Waals surface area (Å²) in [5, 5.41) is 10.6. The smallest absolute Gasteiger partial charge is 0.0962 e. The average molecular weight is 314 g/mol. The molecule has 4 aliphatic rings. The third-order valence-corrected chi connectivity index (χ3v) is 7.35. The fraction of sp³-hybridized carbons (Fsp3) is 0.714. The van der Waals surface area contributed by atoms with Gasteiger partial charge in [-0.2, -0.15) is 0 Å². The molecule has 2 heteroatoms. The van der Waals surface area contributed by atoms with Crippen molar-refractivity contribution >= 4 is 0 Å². The van der Waals surface area contributed by atoms with Crippen molar-refractivity contribution in [2.75, 3.05) is 6.61 Å². The molecule has 126 valence electrons. The zero-order valence-electron chi connectivity index (χ0n) is 14.6. The van der Waals surface area contributed by atoms with Crippen LogP contribution in [0.4, 0.5) is 0 Å². The van der Waals surface area contributed by atoms with Gasteiger partial charge in [0.15, 0.2) is 0 Å². The number of hydrogen-bond acceptors (Lipinski definition) is 2. The zero-order chi connectivity index (χ0) is 16.2. The fourth-order valence-corrected chi connectivity index (χ4v) is 6.16. The number of aliphatic hydroxyl groups is 1. The summed E-state index contributed by atoms with van der Waals surface area (Å²) >= 11 is 0. The molecule has 0 aliphatic heterocycles. The van der Waals surface area contributed by atoms with Crippen molar-refractivity contribution < 1.29 is 9.84 Å². The molecule has 0 saturated heterocycles. The highest BCUT2D eigenvalue weighted by Gasteiger charge is 2.56. The Balaban J connectivity index is 1.61. The molecule has 1 N–H and O–H groups in total. The predicted octanol–water partition coefficient (Wildman–Crippen LogP) is 4.62. The van der Waals surface area contributed by atoms with Gasteiger partial charge in [-0.15, -0.1) is 0 Å². The topological polar surface area (TPSA) is 29.5 Å². The Morgan fingerprint density at radius 3 is 2.96 bits per heavy atom. The average Bonchev–Trinajstić information content (AvgIpc) is 2.78. The molecule has 4 rings (SSSR count). The molecule has 4 aliphatic carbocycles. The predicted molar refractivity (Wildman–Crippen MR) is 92.7 cm³/mol. The Morgan fingerprint density at radius 1 is 1.35 bits per heavy atom. The summed E-state index contributed by atoms with van der Waals surface area (Å²) in [6.07, 6.45) is 11.5. The minimum absolute atomic E-state index is 0.0740. The van der Waals surface area contributed by atoms with E-state index in [4.69, 9.17) is 4.74 Å². The van der Waals surface area contributed by atoms with E-state index < -0.39 is 0 Å². The molecule has 6 atom stereocenters. The molecule has 0 aromatic heterocycles. The molecule has 0 radical (unpaired) electrons. The van der Waals surface area contributed by atoms with Gasteiger partial charge in [-0.1, -0.05) is 19.6 Å². The quantitative estimate of drug-likeness (QED) is 0.754. The minimum atomic E-state index is -0.283. The van der Waals surface area contributed by atoms with Crippen LogP contribution in [0, 0.1) is 29.1 Å². The molecule has 2 saturated carbocycles. The van der Waals surface area contributed by atoms with E-state index in [2.05, 4.69) is 32.6 Å². The van der Waals surface area contributed by atoms with Crippen LogP contribution < -0.4 is 0 Å². The first kappa shape index (κ1) is 15.5. The summed E-state index contributed by atoms with van der Waals surface area (Å²) in [5.41, 5.74) is 2.68. The normalized spacial score (nSPS) is 45.5. The van der Waals surface area contributed by atoms with Gasteiger partial charge >= 0.3 is 0 Å². The molecule has 23 heavy (non-hydrogen) atoms. The van der Waals surface area contributed by atoms with E-state index in [0.717, 1.165) is 43.3 Å². The number of allylic oxidation sites excluding steroid dienone is 4. The lowest BCUT2D eigenvalue weighted by atomic mass is 9.53. The molecule has 2 unspecified atom stereocenters. The van der Waals surface area contributed by atoms with Crippen molar-refractivity contribution in [3.8, 4) is 0 Å². The standard InChI is InChI=1S/C21H30O2/c1-4-23-15-6-8-16-14(12-15)5-7-18-17(16)9-10-21(3)19(18)11-13(2)20(21)22/h5,12,16-20,22H,2,4,6-11H2,1,3H3/t16-,17?,18+,19?,20-,21-/m0/s1. The number of fused-ring (bicyclic) bond motifs is 5. The highest BCUT2D eigenvalue weighted by molar-refractivity contribution is 5.32. The van der Waals surface area contributed by atoms with Crippen LogP contribution in [-0.2, 0) is 4.74 Å². The highest BCUT2D eigenvalue weighted by atomic mass is 16.5. The SMILES string of the molecule is C=C1CC2[C@@H]3CC=C4C=C(OCC)CC[C@@H]4C3CC[C@]2(C)[C@H]1O. The molecule has 0 spiro atoms. The van der Waals surface area contributed by atoms with Gasteiger partial charge in [0, 0.05) is 11.8 Å². The maximum atomic E-state index is 10.6. The van der Waals surface area contributed by atoms with E-state index >= 15 is 0 Å². The number of rotatable bonds is 2. The largest absolute Gasteiger partial charge is 0.498 e. The van der Waals surface area contributed by atoms with Gasteiger partial charge < -0.3 is 9.84 Å². The van der Waals surface area contributed by atoms with Crippen molar-refractivity contribution in [1.82, 2.24) is 0 Å². The Bertz CT molecular complexity index is 572. The first-order chi connectivity index (χ1) is 11.0. The van der Waals surface area contributed by atoms with Gasteiger partial charge in [-0.05, 0) is 79.9 Å². The molecule has 0 bridgehead atoms. The van der Waals surface area contributed by atoms with Crippen LogP contribution in [0.3, 0.4) is 0 Å². The second-order valence-corrected chi connectivity index (χ2v) is 8.37. The van der Waals surface area contributed by atoms with E-state index in [9.17, 15) is 5.11 Å². The molecule has 0 aromatic rings. The summed E-state index contributed by atoms with van der Waals surface area (Å²) in [6.45, 7) is 9.31. The van der Waals surface area contributed by atoms with Crippen molar-refractivity contribution in [1.29, 1.82) is 0 Å². The summed E-state index contributed by atoms with van der Waals surface area (Å²) in [6, 6.07) is 0. The molecule has 0 amide bonds. The Kier molecular flexibility index (Phi) is 3.72. The van der Waals surface area contributed by atoms with Crippen molar-refractivity contribution in [2.24, 2.45) is 29.1 Å². The first-order valence-corrected chi connectivity index (χ1v) is 9.43. The summed E-state index contributed by atoms with van der Waals surface area (Å²) in [4.78, 5) is 0. The van der Waals surface area contributed by atoms with Gasteiger partial charge in [0.25, 0.3) is 0 Å². The van der Waals surface area contributed by atoms with E-state index in [1.54, 1.807) is 0 Å². The number of aliphatic hydroxyl groups excluding tert-OH is 1. The molecule has 2 nitrogen and oxygen atoms in total. The van der Waals surface area contributed by atoms with E-state index in [0.29, 0.717) is 11.8 Å². The lowest BCUT2D eigenvalue weighted by Crippen LogP contribution is -2.46. The molecule has 0 aromatic carbocycles. The first-order valence-electron chi connectivity index (χ1n) is 9.43. The van der Waals surface area contributed by atoms with E-state index in [1.807, 2.05) is 0 Å². The number of ether oxygens (including phenoxy) is 1. The minimum Gasteiger partial charge on any atom is -0.498 e. The molecular formula is C21H30O2. The fourth-order valence-electron chi connectivity index (χ4n) is 6.16. The third-order valence-electron chi connectivity index (χ3n) is 7.35. The van der Waals surface area contributed by atoms with Gasteiger partial charge in [0.05, 0.1) is 18.5 Å². The van der Waals surface area contributed by atoms with Crippen LogP contribution in [0.1, 0.15) is 52.4 Å². The van der Waals surface area contributed by atoms with Crippen molar-refractivity contribution in [3.05, 3.63) is 35.6 Å². The van der Waals surface area contributed by atoms with Crippen LogP contribution >= 0.6 is 0 Å². The van der Waals surface area contributed by atoms with E-state index in [-0.39, 0.29) is 11.5 Å². The van der Waals surface area contributed by atoms with Gasteiger partial charge in [-0.3, -0.25) is 0 Å². The van der Waals surface area contributed by atoms with Crippen molar-refractivity contribution in [2.45, 2.75) is 58.5 Å². The maximum absolute atomic E-state index is 10.6. The molecular weight excluding hydrogens is 284 g/mol. The summed E-state index contributed by atoms with van der Waals surface area (Å²) in [5.74, 6) is 4.05. The summed E-state index contributed by atoms with van der Waals surface area (Å²) < 4.78 is 5.76. The Labute approximate surface area is 140 Å². The van der Waals surface area contributed by atoms with Gasteiger partial charge in [-0.25, -0.2) is 0 Å².